The number of nitrogen functional groups attached to an aromatic ring is 1. The summed E-state index contributed by atoms with van der Waals surface area (Å²) in [5.74, 6) is 0.491. The van der Waals surface area contributed by atoms with Crippen LogP contribution in [0.3, 0.4) is 0 Å². The topological polar surface area (TPSA) is 66.0 Å². The van der Waals surface area contributed by atoms with Crippen LogP contribution >= 0.6 is 0 Å². The molecule has 1 aromatic carbocycles. The summed E-state index contributed by atoms with van der Waals surface area (Å²) in [7, 11) is 1.69. The molecule has 0 aliphatic carbocycles. The van der Waals surface area contributed by atoms with Gasteiger partial charge in [-0.1, -0.05) is 18.2 Å². The third kappa shape index (κ3) is 2.64. The number of anilines is 1. The summed E-state index contributed by atoms with van der Waals surface area (Å²) in [5.41, 5.74) is 9.86. The number of methoxy groups -OCH3 is 1. The van der Waals surface area contributed by atoms with Gasteiger partial charge in [0.15, 0.2) is 0 Å². The van der Waals surface area contributed by atoms with Gasteiger partial charge in [-0.3, -0.25) is 4.57 Å². The minimum absolute atomic E-state index is 0.491. The fraction of sp³-hybridized carbons (Fsp3) is 0.125. The van der Waals surface area contributed by atoms with Gasteiger partial charge in [-0.25, -0.2) is 9.97 Å². The van der Waals surface area contributed by atoms with Crippen molar-refractivity contribution in [2.45, 2.75) is 6.61 Å². The zero-order chi connectivity index (χ0) is 14.7. The molecule has 21 heavy (non-hydrogen) atoms. The second kappa shape index (κ2) is 5.76. The zero-order valence-corrected chi connectivity index (χ0v) is 11.7. The molecule has 3 aromatic rings. The number of nitrogens with zero attached hydrogens (tertiary/aromatic N) is 3. The van der Waals surface area contributed by atoms with Crippen LogP contribution in [-0.2, 0) is 11.3 Å². The van der Waals surface area contributed by atoms with Crippen molar-refractivity contribution in [2.75, 3.05) is 12.8 Å². The van der Waals surface area contributed by atoms with Gasteiger partial charge in [0, 0.05) is 24.4 Å². The number of rotatable bonds is 4. The highest BCUT2D eigenvalue weighted by molar-refractivity contribution is 5.64. The van der Waals surface area contributed by atoms with E-state index in [4.69, 9.17) is 10.5 Å². The van der Waals surface area contributed by atoms with Gasteiger partial charge >= 0.3 is 0 Å². The van der Waals surface area contributed by atoms with Crippen LogP contribution in [0.25, 0.3) is 16.9 Å². The Morgan fingerprint density at radius 3 is 2.90 bits per heavy atom. The van der Waals surface area contributed by atoms with Gasteiger partial charge < -0.3 is 10.5 Å². The van der Waals surface area contributed by atoms with Crippen molar-refractivity contribution in [3.05, 3.63) is 60.7 Å². The number of aromatic nitrogens is 3. The molecule has 3 rings (SSSR count). The quantitative estimate of drug-likeness (QED) is 0.798. The molecule has 0 atom stereocenters. The number of para-hydroxylation sites is 1. The highest BCUT2D eigenvalue weighted by atomic mass is 16.5. The van der Waals surface area contributed by atoms with Crippen molar-refractivity contribution in [2.24, 2.45) is 0 Å². The van der Waals surface area contributed by atoms with Crippen LogP contribution in [0.15, 0.2) is 55.1 Å². The first kappa shape index (κ1) is 13.3. The monoisotopic (exact) mass is 280 g/mol. The van der Waals surface area contributed by atoms with Gasteiger partial charge in [0.05, 0.1) is 30.5 Å². The van der Waals surface area contributed by atoms with Crippen molar-refractivity contribution < 1.29 is 4.74 Å². The fourth-order valence-electron chi connectivity index (χ4n) is 2.33. The molecule has 5 nitrogen and oxygen atoms in total. The van der Waals surface area contributed by atoms with Crippen molar-refractivity contribution >= 4 is 5.82 Å². The highest BCUT2D eigenvalue weighted by Crippen LogP contribution is 2.25. The van der Waals surface area contributed by atoms with Gasteiger partial charge in [0.2, 0.25) is 0 Å². The number of benzene rings is 1. The number of ether oxygens (including phenoxy) is 1. The molecule has 0 spiro atoms. The molecule has 0 aliphatic rings. The molecular weight excluding hydrogens is 264 g/mol. The van der Waals surface area contributed by atoms with Crippen LogP contribution in [0.5, 0.6) is 0 Å². The summed E-state index contributed by atoms with van der Waals surface area (Å²) >= 11 is 0. The first-order chi connectivity index (χ1) is 10.3. The van der Waals surface area contributed by atoms with Crippen LogP contribution in [0.4, 0.5) is 5.82 Å². The number of nitrogens with two attached hydrogens (primary N) is 1. The predicted molar refractivity (Wildman–Crippen MR) is 81.9 cm³/mol. The largest absolute Gasteiger partial charge is 0.384 e. The summed E-state index contributed by atoms with van der Waals surface area (Å²) < 4.78 is 7.30. The molecule has 0 bridgehead atoms. The summed E-state index contributed by atoms with van der Waals surface area (Å²) in [5, 5.41) is 0. The minimum atomic E-state index is 0.491. The van der Waals surface area contributed by atoms with Gasteiger partial charge in [0.25, 0.3) is 0 Å². The molecule has 0 amide bonds. The number of imidazole rings is 1. The number of pyridine rings is 1. The van der Waals surface area contributed by atoms with E-state index >= 15 is 0 Å². The normalized spacial score (nSPS) is 10.7. The van der Waals surface area contributed by atoms with E-state index in [0.29, 0.717) is 12.4 Å². The molecule has 106 valence electrons. The van der Waals surface area contributed by atoms with E-state index < -0.39 is 0 Å². The summed E-state index contributed by atoms with van der Waals surface area (Å²) in [6.07, 6.45) is 5.31. The lowest BCUT2D eigenvalue weighted by atomic mass is 10.1. The molecular formula is C16H16N4O. The first-order valence-corrected chi connectivity index (χ1v) is 6.61. The van der Waals surface area contributed by atoms with E-state index in [1.807, 2.05) is 47.2 Å². The SMILES string of the molecule is COCc1ccccc1-n1cncc1-c1ccnc(N)c1. The van der Waals surface area contributed by atoms with Crippen LogP contribution in [-0.4, -0.2) is 21.6 Å². The van der Waals surface area contributed by atoms with E-state index in [1.165, 1.54) is 0 Å². The van der Waals surface area contributed by atoms with Crippen LogP contribution in [0.1, 0.15) is 5.56 Å². The van der Waals surface area contributed by atoms with Gasteiger partial charge in [-0.2, -0.15) is 0 Å². The number of hydrogen-bond acceptors (Lipinski definition) is 4. The lowest BCUT2D eigenvalue weighted by Crippen LogP contribution is -2.01. The second-order valence-electron chi connectivity index (χ2n) is 4.68. The standard InChI is InChI=1S/C16H16N4O/c1-21-10-13-4-2-3-5-14(13)20-11-18-9-15(20)12-6-7-19-16(17)8-12/h2-9,11H,10H2,1H3,(H2,17,19). The Labute approximate surface area is 123 Å². The Morgan fingerprint density at radius 2 is 2.10 bits per heavy atom. The maximum Gasteiger partial charge on any atom is 0.123 e. The van der Waals surface area contributed by atoms with Crippen LogP contribution < -0.4 is 5.73 Å². The van der Waals surface area contributed by atoms with E-state index in [1.54, 1.807) is 19.6 Å². The number of hydrogen-bond donors (Lipinski definition) is 1. The molecule has 0 aliphatic heterocycles. The lowest BCUT2D eigenvalue weighted by Gasteiger charge is -2.13. The first-order valence-electron chi connectivity index (χ1n) is 6.61. The minimum Gasteiger partial charge on any atom is -0.384 e. The Hall–Kier alpha value is -2.66. The predicted octanol–water partition coefficient (Wildman–Crippen LogP) is 2.66. The molecule has 0 radical (unpaired) electrons. The van der Waals surface area contributed by atoms with E-state index in [0.717, 1.165) is 22.5 Å². The Morgan fingerprint density at radius 1 is 1.24 bits per heavy atom. The summed E-state index contributed by atoms with van der Waals surface area (Å²) in [6.45, 7) is 0.548. The lowest BCUT2D eigenvalue weighted by molar-refractivity contribution is 0.185. The van der Waals surface area contributed by atoms with Crippen molar-refractivity contribution in [1.82, 2.24) is 14.5 Å². The smallest absolute Gasteiger partial charge is 0.123 e. The molecule has 0 unspecified atom stereocenters. The molecule has 0 saturated carbocycles. The molecule has 0 saturated heterocycles. The molecule has 2 N–H and O–H groups in total. The third-order valence-electron chi connectivity index (χ3n) is 3.27. The Kier molecular flexibility index (Phi) is 3.66. The van der Waals surface area contributed by atoms with Crippen molar-refractivity contribution in [1.29, 1.82) is 0 Å². The van der Waals surface area contributed by atoms with Gasteiger partial charge in [-0.15, -0.1) is 0 Å². The maximum atomic E-state index is 5.77. The molecule has 5 heteroatoms. The maximum absolute atomic E-state index is 5.77. The average molecular weight is 280 g/mol. The highest BCUT2D eigenvalue weighted by Gasteiger charge is 2.10. The molecule has 2 heterocycles. The third-order valence-corrected chi connectivity index (χ3v) is 3.27. The molecule has 0 fully saturated rings. The average Bonchev–Trinajstić information content (AvgIpc) is 2.97. The van der Waals surface area contributed by atoms with Crippen molar-refractivity contribution in [3.8, 4) is 16.9 Å². The van der Waals surface area contributed by atoms with E-state index in [2.05, 4.69) is 9.97 Å². The van der Waals surface area contributed by atoms with E-state index in [-0.39, 0.29) is 0 Å². The summed E-state index contributed by atoms with van der Waals surface area (Å²) in [4.78, 5) is 8.29. The second-order valence-corrected chi connectivity index (χ2v) is 4.68. The van der Waals surface area contributed by atoms with Crippen LogP contribution in [0, 0.1) is 0 Å². The Balaban J connectivity index is 2.11. The zero-order valence-electron chi connectivity index (χ0n) is 11.7. The summed E-state index contributed by atoms with van der Waals surface area (Å²) in [6, 6.07) is 11.8. The fourth-order valence-corrected chi connectivity index (χ4v) is 2.33. The van der Waals surface area contributed by atoms with Crippen molar-refractivity contribution in [3.63, 3.8) is 0 Å². The van der Waals surface area contributed by atoms with Crippen LogP contribution in [0.2, 0.25) is 0 Å². The molecule has 2 aromatic heterocycles. The van der Waals surface area contributed by atoms with Gasteiger partial charge in [-0.05, 0) is 18.2 Å². The Bertz CT molecular complexity index is 751. The van der Waals surface area contributed by atoms with Gasteiger partial charge in [0.1, 0.15) is 5.82 Å². The van der Waals surface area contributed by atoms with E-state index in [9.17, 15) is 0 Å².